The number of carboxylic acids is 1. The number of amides is 1. The first kappa shape index (κ1) is 27.4. The highest BCUT2D eigenvalue weighted by atomic mass is 16.5. The summed E-state index contributed by atoms with van der Waals surface area (Å²) in [6, 6.07) is 11.1. The van der Waals surface area contributed by atoms with Crippen LogP contribution in [0.3, 0.4) is 0 Å². The number of carboxylic acid groups (broad SMARTS) is 1. The summed E-state index contributed by atoms with van der Waals surface area (Å²) in [4.78, 5) is 38.1. The van der Waals surface area contributed by atoms with Gasteiger partial charge < -0.3 is 46.7 Å². The van der Waals surface area contributed by atoms with E-state index >= 15 is 0 Å². The average Bonchev–Trinajstić information content (AvgIpc) is 2.87. The summed E-state index contributed by atoms with van der Waals surface area (Å²) in [5, 5.41) is 19.5. The van der Waals surface area contributed by atoms with E-state index in [1.165, 1.54) is 0 Å². The van der Waals surface area contributed by atoms with Crippen molar-refractivity contribution in [2.24, 2.45) is 22.2 Å². The van der Waals surface area contributed by atoms with Crippen molar-refractivity contribution in [1.82, 2.24) is 9.97 Å². The van der Waals surface area contributed by atoms with Crippen LogP contribution in [0, 0.1) is 5.41 Å². The average molecular weight is 550 g/mol. The molecule has 0 spiro atoms. The fourth-order valence-corrected chi connectivity index (χ4v) is 3.71. The number of rotatable bonds is 10. The lowest BCUT2D eigenvalue weighted by Crippen LogP contribution is -2.38. The number of fused-ring (bicyclic) bond motifs is 1. The maximum atomic E-state index is 12.7. The third kappa shape index (κ3) is 6.45. The van der Waals surface area contributed by atoms with Crippen LogP contribution in [0.25, 0.3) is 0 Å². The smallest absolute Gasteiger partial charge is 0.328 e. The molecular formula is C25H27N9O6. The molecular weight excluding hydrogens is 522 g/mol. The van der Waals surface area contributed by atoms with Crippen molar-refractivity contribution in [2.75, 3.05) is 24.3 Å². The molecule has 0 saturated heterocycles. The van der Waals surface area contributed by atoms with Crippen molar-refractivity contribution >= 4 is 40.7 Å². The maximum Gasteiger partial charge on any atom is 0.328 e. The number of hydrogen-bond acceptors (Lipinski definition) is 10. The molecule has 1 unspecified atom stereocenters. The molecule has 1 aliphatic rings. The molecule has 15 nitrogen and oxygen atoms in total. The zero-order valence-electron chi connectivity index (χ0n) is 21.5. The number of nitrogen functional groups attached to an aromatic ring is 1. The Bertz CT molecular complexity index is 1500. The predicted octanol–water partition coefficient (Wildman–Crippen LogP) is 1.88. The molecule has 15 heteroatoms. The Morgan fingerprint density at radius 3 is 2.58 bits per heavy atom. The third-order valence-electron chi connectivity index (χ3n) is 5.48. The molecule has 9 N–H and O–H groups in total. The molecule has 0 bridgehead atoms. The molecule has 4 rings (SSSR count). The van der Waals surface area contributed by atoms with Crippen LogP contribution in [0.15, 0.2) is 47.5 Å². The van der Waals surface area contributed by atoms with Crippen LogP contribution in [0.1, 0.15) is 18.4 Å². The molecule has 0 saturated carbocycles. The molecule has 3 aromatic rings. The van der Waals surface area contributed by atoms with E-state index in [1.807, 2.05) is 0 Å². The molecule has 2 heterocycles. The number of amidine groups is 1. The Kier molecular flexibility index (Phi) is 7.84. The molecule has 1 amide bonds. The van der Waals surface area contributed by atoms with Crippen molar-refractivity contribution < 1.29 is 28.9 Å². The fraction of sp³-hybridized carbons (Fsp3) is 0.200. The van der Waals surface area contributed by atoms with Gasteiger partial charge in [0.1, 0.15) is 17.3 Å². The SMILES string of the molecule is CN(C)c1cc(Oc2nc(Oc3cccc(N=C(N)N)c3)nc3c2NC(=O)C(CCC(=O)O)O3)ccc1C(=N)N. The van der Waals surface area contributed by atoms with E-state index in [4.69, 9.17) is 41.9 Å². The second kappa shape index (κ2) is 11.4. The van der Waals surface area contributed by atoms with Crippen molar-refractivity contribution in [3.8, 4) is 29.3 Å². The molecule has 0 aliphatic carbocycles. The standard InChI is InChI=1S/C25H27N9O6/c1-34(2)16-11-14(6-7-15(16)20(26)27)38-22-19-23(40-17(21(37)31-19)8-9-18(35)36)33-25(32-22)39-13-5-3-4-12(10-13)30-24(28)29/h3-7,10-11,17H,8-9H2,1-2H3,(H3,26,27)(H,31,37)(H,35,36)(H4,28,29,30). The summed E-state index contributed by atoms with van der Waals surface area (Å²) >= 11 is 0. The zero-order chi connectivity index (χ0) is 29.0. The molecule has 40 heavy (non-hydrogen) atoms. The van der Waals surface area contributed by atoms with Crippen molar-refractivity contribution in [3.05, 3.63) is 48.0 Å². The first-order valence-corrected chi connectivity index (χ1v) is 11.8. The number of nitrogens with one attached hydrogen (secondary N) is 2. The number of hydrogen-bond donors (Lipinski definition) is 6. The van der Waals surface area contributed by atoms with Crippen molar-refractivity contribution in [3.63, 3.8) is 0 Å². The summed E-state index contributed by atoms with van der Waals surface area (Å²) in [5.74, 6) is -1.52. The van der Waals surface area contributed by atoms with Gasteiger partial charge in [-0.05, 0) is 24.3 Å². The minimum absolute atomic E-state index is 0.0280. The van der Waals surface area contributed by atoms with Crippen LogP contribution in [0.5, 0.6) is 29.3 Å². The van der Waals surface area contributed by atoms with Crippen LogP contribution in [-0.2, 0) is 9.59 Å². The van der Waals surface area contributed by atoms with Gasteiger partial charge in [0, 0.05) is 44.6 Å². The van der Waals surface area contributed by atoms with Crippen LogP contribution in [0.2, 0.25) is 0 Å². The van der Waals surface area contributed by atoms with Gasteiger partial charge in [0.25, 0.3) is 11.8 Å². The number of nitrogens with two attached hydrogens (primary N) is 3. The summed E-state index contributed by atoms with van der Waals surface area (Å²) < 4.78 is 17.6. The summed E-state index contributed by atoms with van der Waals surface area (Å²) in [6.45, 7) is 0. The van der Waals surface area contributed by atoms with Gasteiger partial charge >= 0.3 is 12.0 Å². The van der Waals surface area contributed by atoms with Crippen LogP contribution in [-0.4, -0.2) is 58.9 Å². The highest BCUT2D eigenvalue weighted by Crippen LogP contribution is 2.41. The Morgan fingerprint density at radius 1 is 1.15 bits per heavy atom. The summed E-state index contributed by atoms with van der Waals surface area (Å²) in [6.07, 6.45) is -1.49. The predicted molar refractivity (Wildman–Crippen MR) is 146 cm³/mol. The number of anilines is 2. The number of aromatic nitrogens is 2. The number of nitrogens with zero attached hydrogens (tertiary/aromatic N) is 4. The Balaban J connectivity index is 1.74. The van der Waals surface area contributed by atoms with Gasteiger partial charge in [-0.25, -0.2) is 4.99 Å². The highest BCUT2D eigenvalue weighted by molar-refractivity contribution is 6.01. The van der Waals surface area contributed by atoms with E-state index in [0.29, 0.717) is 22.7 Å². The summed E-state index contributed by atoms with van der Waals surface area (Å²) in [5.41, 5.74) is 18.2. The lowest BCUT2D eigenvalue weighted by molar-refractivity contribution is -0.137. The number of ether oxygens (including phenoxy) is 3. The van der Waals surface area contributed by atoms with Crippen LogP contribution >= 0.6 is 0 Å². The Hall–Kier alpha value is -5.60. The molecule has 1 aromatic heterocycles. The normalized spacial score (nSPS) is 13.8. The molecule has 0 radical (unpaired) electrons. The van der Waals surface area contributed by atoms with E-state index < -0.39 is 18.0 Å². The minimum atomic E-state index is -1.11. The quantitative estimate of drug-likeness (QED) is 0.157. The Morgan fingerprint density at radius 2 is 1.90 bits per heavy atom. The lowest BCUT2D eigenvalue weighted by Gasteiger charge is -2.26. The summed E-state index contributed by atoms with van der Waals surface area (Å²) in [7, 11) is 3.57. The number of carbonyl (C=O) groups excluding carboxylic acids is 1. The van der Waals surface area contributed by atoms with Gasteiger partial charge in [-0.15, -0.1) is 0 Å². The number of carbonyl (C=O) groups is 2. The van der Waals surface area contributed by atoms with E-state index in [0.717, 1.165) is 0 Å². The largest absolute Gasteiger partial charge is 0.481 e. The van der Waals surface area contributed by atoms with E-state index in [1.54, 1.807) is 61.5 Å². The van der Waals surface area contributed by atoms with Gasteiger partial charge in [0.05, 0.1) is 11.4 Å². The molecule has 1 aliphatic heterocycles. The zero-order valence-corrected chi connectivity index (χ0v) is 21.5. The van der Waals surface area contributed by atoms with Gasteiger partial charge in [0.15, 0.2) is 17.8 Å². The first-order chi connectivity index (χ1) is 19.0. The minimum Gasteiger partial charge on any atom is -0.481 e. The first-order valence-electron chi connectivity index (χ1n) is 11.8. The highest BCUT2D eigenvalue weighted by Gasteiger charge is 2.33. The van der Waals surface area contributed by atoms with Crippen LogP contribution < -0.4 is 41.6 Å². The second-order valence-corrected chi connectivity index (χ2v) is 8.74. The van der Waals surface area contributed by atoms with E-state index in [9.17, 15) is 9.59 Å². The second-order valence-electron chi connectivity index (χ2n) is 8.74. The van der Waals surface area contributed by atoms with E-state index in [-0.39, 0.29) is 53.8 Å². The molecule has 1 atom stereocenters. The molecule has 208 valence electrons. The number of aliphatic imine (C=N–C) groups is 1. The number of aliphatic carboxylic acids is 1. The topological polar surface area (TPSA) is 237 Å². The third-order valence-corrected chi connectivity index (χ3v) is 5.48. The van der Waals surface area contributed by atoms with Gasteiger partial charge in [-0.3, -0.25) is 15.0 Å². The van der Waals surface area contributed by atoms with Crippen LogP contribution in [0.4, 0.5) is 17.1 Å². The van der Waals surface area contributed by atoms with Gasteiger partial charge in [0.2, 0.25) is 5.88 Å². The van der Waals surface area contributed by atoms with E-state index in [2.05, 4.69) is 20.3 Å². The van der Waals surface area contributed by atoms with Crippen molar-refractivity contribution in [2.45, 2.75) is 18.9 Å². The fourth-order valence-electron chi connectivity index (χ4n) is 3.71. The van der Waals surface area contributed by atoms with Crippen molar-refractivity contribution in [1.29, 1.82) is 5.41 Å². The molecule has 0 fully saturated rings. The van der Waals surface area contributed by atoms with Gasteiger partial charge in [-0.2, -0.15) is 9.97 Å². The number of guanidine groups is 1. The lowest BCUT2D eigenvalue weighted by atomic mass is 10.1. The molecule has 2 aromatic carbocycles. The Labute approximate surface area is 228 Å². The van der Waals surface area contributed by atoms with Gasteiger partial charge in [-0.1, -0.05) is 6.07 Å². The number of benzene rings is 2. The maximum absolute atomic E-state index is 12.7. The monoisotopic (exact) mass is 549 g/mol.